The molecule has 3 aromatic rings. The molecule has 166 valence electrons. The molecule has 2 aromatic carbocycles. The van der Waals surface area contributed by atoms with Gasteiger partial charge in [0.1, 0.15) is 11.8 Å². The highest BCUT2D eigenvalue weighted by Crippen LogP contribution is 2.35. The van der Waals surface area contributed by atoms with Crippen LogP contribution in [0.5, 0.6) is 23.1 Å². The first-order chi connectivity index (χ1) is 15.3. The van der Waals surface area contributed by atoms with Crippen molar-refractivity contribution in [2.24, 2.45) is 0 Å². The predicted molar refractivity (Wildman–Crippen MR) is 108 cm³/mol. The quantitative estimate of drug-likeness (QED) is 0.251. The van der Waals surface area contributed by atoms with Gasteiger partial charge in [-0.25, -0.2) is 18.9 Å². The van der Waals surface area contributed by atoms with E-state index in [1.54, 1.807) is 0 Å². The Hall–Kier alpha value is -3.74. The molecule has 0 radical (unpaired) electrons. The van der Waals surface area contributed by atoms with Crippen LogP contribution in [0, 0.1) is 0 Å². The number of carbonyl (C=O) groups is 1. The lowest BCUT2D eigenvalue weighted by Crippen LogP contribution is -2.51. The van der Waals surface area contributed by atoms with Crippen molar-refractivity contribution in [2.45, 2.75) is 23.9 Å². The lowest BCUT2D eigenvalue weighted by molar-refractivity contribution is -0.133. The maximum atomic E-state index is 13.3. The summed E-state index contributed by atoms with van der Waals surface area (Å²) in [6, 6.07) is 6.76. The fourth-order valence-corrected chi connectivity index (χ4v) is 4.98. The highest BCUT2D eigenvalue weighted by atomic mass is 32.2. The van der Waals surface area contributed by atoms with Gasteiger partial charge in [0.05, 0.1) is 11.1 Å². The largest absolute Gasteiger partial charge is 0.504 e. The minimum Gasteiger partial charge on any atom is -0.504 e. The van der Waals surface area contributed by atoms with Crippen molar-refractivity contribution in [3.05, 3.63) is 66.1 Å². The van der Waals surface area contributed by atoms with Crippen LogP contribution >= 0.6 is 0 Å². The van der Waals surface area contributed by atoms with E-state index >= 15 is 0 Å². The molecule has 0 spiro atoms. The van der Waals surface area contributed by atoms with Crippen molar-refractivity contribution in [3.63, 3.8) is 0 Å². The predicted octanol–water partition coefficient (Wildman–Crippen LogP) is 1.30. The molecule has 1 aromatic heterocycles. The standard InChI is InChI=1S/C20H18N4O7S/c25-17-8-12-7-16(20(27)23-28)24(11-13(12)9-18(17)26)32(29,30)15-3-1-14(2-4-15)31-19-10-21-5-6-22-19/h1-6,8-10,16,25-26,28H,7,11H2,(H,23,27)/t16-/m1/s1. The average Bonchev–Trinajstić information content (AvgIpc) is 2.79. The monoisotopic (exact) mass is 458 g/mol. The summed E-state index contributed by atoms with van der Waals surface area (Å²) < 4.78 is 33.1. The number of hydrogen-bond donors (Lipinski definition) is 4. The molecule has 1 atom stereocenters. The number of hydrogen-bond acceptors (Lipinski definition) is 9. The Morgan fingerprint density at radius 3 is 2.41 bits per heavy atom. The molecule has 2 heterocycles. The van der Waals surface area contributed by atoms with Crippen LogP contribution in [-0.4, -0.2) is 50.1 Å². The number of fused-ring (bicyclic) bond motifs is 1. The Morgan fingerprint density at radius 2 is 1.78 bits per heavy atom. The normalized spacial score (nSPS) is 16.2. The van der Waals surface area contributed by atoms with Gasteiger partial charge in [0, 0.05) is 18.9 Å². The topological polar surface area (TPSA) is 162 Å². The van der Waals surface area contributed by atoms with E-state index in [4.69, 9.17) is 9.94 Å². The van der Waals surface area contributed by atoms with E-state index in [0.717, 1.165) is 4.31 Å². The van der Waals surface area contributed by atoms with Gasteiger partial charge in [0.25, 0.3) is 5.91 Å². The number of phenolic OH excluding ortho intramolecular Hbond substituents is 2. The molecule has 0 bridgehead atoms. The molecule has 4 N–H and O–H groups in total. The Kier molecular flexibility index (Phi) is 5.65. The SMILES string of the molecule is O=C(NO)[C@H]1Cc2cc(O)c(O)cc2CN1S(=O)(=O)c1ccc(Oc2cnccn2)cc1. The van der Waals surface area contributed by atoms with Crippen molar-refractivity contribution in [2.75, 3.05) is 0 Å². The van der Waals surface area contributed by atoms with Crippen LogP contribution in [0.15, 0.2) is 59.9 Å². The van der Waals surface area contributed by atoms with Crippen LogP contribution in [0.1, 0.15) is 11.1 Å². The third kappa shape index (κ3) is 4.06. The molecule has 1 aliphatic heterocycles. The number of phenols is 2. The zero-order valence-corrected chi connectivity index (χ0v) is 17.2. The summed E-state index contributed by atoms with van der Waals surface area (Å²) in [5.74, 6) is -1.15. The summed E-state index contributed by atoms with van der Waals surface area (Å²) in [7, 11) is -4.19. The van der Waals surface area contributed by atoms with Crippen LogP contribution in [0.25, 0.3) is 0 Å². The Bertz CT molecular complexity index is 1250. The number of carbonyl (C=O) groups excluding carboxylic acids is 1. The highest BCUT2D eigenvalue weighted by molar-refractivity contribution is 7.89. The molecule has 32 heavy (non-hydrogen) atoms. The summed E-state index contributed by atoms with van der Waals surface area (Å²) in [4.78, 5) is 20.0. The number of hydroxylamine groups is 1. The molecular formula is C20H18N4O7S. The Labute approximate surface area is 182 Å². The molecular weight excluding hydrogens is 440 g/mol. The number of benzene rings is 2. The van der Waals surface area contributed by atoms with E-state index in [1.807, 2.05) is 0 Å². The number of nitrogens with one attached hydrogen (secondary N) is 1. The number of aromatic hydroxyl groups is 2. The van der Waals surface area contributed by atoms with Gasteiger partial charge in [-0.2, -0.15) is 4.31 Å². The first-order valence-electron chi connectivity index (χ1n) is 9.33. The van der Waals surface area contributed by atoms with Gasteiger partial charge in [0.2, 0.25) is 15.9 Å². The van der Waals surface area contributed by atoms with Crippen LogP contribution < -0.4 is 10.2 Å². The summed E-state index contributed by atoms with van der Waals surface area (Å²) >= 11 is 0. The lowest BCUT2D eigenvalue weighted by Gasteiger charge is -2.34. The first kappa shape index (κ1) is 21.5. The number of nitrogens with zero attached hydrogens (tertiary/aromatic N) is 3. The van der Waals surface area contributed by atoms with Crippen molar-refractivity contribution in [1.29, 1.82) is 0 Å². The summed E-state index contributed by atoms with van der Waals surface area (Å²) in [6.45, 7) is -0.249. The molecule has 11 nitrogen and oxygen atoms in total. The number of rotatable bonds is 5. The highest BCUT2D eigenvalue weighted by Gasteiger charge is 2.40. The van der Waals surface area contributed by atoms with Crippen LogP contribution in [0.3, 0.4) is 0 Å². The maximum absolute atomic E-state index is 13.3. The third-order valence-electron chi connectivity index (χ3n) is 4.99. The second-order valence-corrected chi connectivity index (χ2v) is 8.86. The molecule has 0 saturated carbocycles. The average molecular weight is 458 g/mol. The fourth-order valence-electron chi connectivity index (χ4n) is 3.41. The van der Waals surface area contributed by atoms with Crippen molar-refractivity contribution >= 4 is 15.9 Å². The van der Waals surface area contributed by atoms with Crippen molar-refractivity contribution < 1.29 is 33.4 Å². The van der Waals surface area contributed by atoms with Gasteiger partial charge in [-0.05, 0) is 53.9 Å². The second-order valence-electron chi connectivity index (χ2n) is 6.97. The molecule has 1 amide bonds. The van der Waals surface area contributed by atoms with Crippen LogP contribution in [0.2, 0.25) is 0 Å². The minimum atomic E-state index is -4.19. The van der Waals surface area contributed by atoms with Gasteiger partial charge in [-0.3, -0.25) is 15.0 Å². The zero-order valence-electron chi connectivity index (χ0n) is 16.4. The smallest absolute Gasteiger partial charge is 0.262 e. The van der Waals surface area contributed by atoms with E-state index in [9.17, 15) is 23.4 Å². The first-order valence-corrected chi connectivity index (χ1v) is 10.8. The third-order valence-corrected chi connectivity index (χ3v) is 6.86. The molecule has 0 saturated heterocycles. The van der Waals surface area contributed by atoms with Gasteiger partial charge >= 0.3 is 0 Å². The number of ether oxygens (including phenoxy) is 1. The van der Waals surface area contributed by atoms with Gasteiger partial charge in [-0.15, -0.1) is 0 Å². The van der Waals surface area contributed by atoms with Gasteiger partial charge in [0.15, 0.2) is 11.5 Å². The fraction of sp³-hybridized carbons (Fsp3) is 0.150. The van der Waals surface area contributed by atoms with E-state index < -0.39 is 27.7 Å². The number of amides is 1. The zero-order chi connectivity index (χ0) is 22.9. The molecule has 1 aliphatic rings. The second kappa shape index (κ2) is 8.42. The van der Waals surface area contributed by atoms with E-state index in [-0.39, 0.29) is 29.5 Å². The summed E-state index contributed by atoms with van der Waals surface area (Å²) in [6.07, 6.45) is 4.23. The van der Waals surface area contributed by atoms with E-state index in [1.165, 1.54) is 60.5 Å². The molecule has 0 aliphatic carbocycles. The van der Waals surface area contributed by atoms with Crippen LogP contribution in [-0.2, 0) is 27.8 Å². The summed E-state index contributed by atoms with van der Waals surface area (Å²) in [5.41, 5.74) is 2.40. The molecule has 0 unspecified atom stereocenters. The molecule has 4 rings (SSSR count). The van der Waals surface area contributed by atoms with Crippen molar-refractivity contribution in [3.8, 4) is 23.1 Å². The van der Waals surface area contributed by atoms with E-state index in [2.05, 4.69) is 9.97 Å². The molecule has 0 fully saturated rings. The van der Waals surface area contributed by atoms with Gasteiger partial charge < -0.3 is 14.9 Å². The molecule has 12 heteroatoms. The maximum Gasteiger partial charge on any atom is 0.262 e. The Balaban J connectivity index is 1.66. The van der Waals surface area contributed by atoms with E-state index in [0.29, 0.717) is 16.9 Å². The summed E-state index contributed by atoms with van der Waals surface area (Å²) in [5, 5.41) is 28.7. The minimum absolute atomic E-state index is 0.105. The lowest BCUT2D eigenvalue weighted by atomic mass is 9.95. The van der Waals surface area contributed by atoms with Gasteiger partial charge in [-0.1, -0.05) is 0 Å². The number of aromatic nitrogens is 2. The number of sulfonamides is 1. The van der Waals surface area contributed by atoms with Crippen molar-refractivity contribution in [1.82, 2.24) is 19.8 Å². The van der Waals surface area contributed by atoms with Crippen LogP contribution in [0.4, 0.5) is 0 Å². The Morgan fingerprint density at radius 1 is 1.09 bits per heavy atom.